The fourth-order valence-corrected chi connectivity index (χ4v) is 1.51. The molecule has 0 aliphatic carbocycles. The number of aromatic amines is 1. The Hall–Kier alpha value is -2.58. The maximum Gasteiger partial charge on any atom is 0.326 e. The van der Waals surface area contributed by atoms with Crippen molar-refractivity contribution in [2.75, 3.05) is 13.1 Å². The Labute approximate surface area is 121 Å². The van der Waals surface area contributed by atoms with E-state index in [0.29, 0.717) is 12.2 Å². The monoisotopic (exact) mass is 297 g/mol. The number of aromatic nitrogens is 2. The molecule has 0 bridgehead atoms. The number of rotatable bonds is 8. The Balaban J connectivity index is 2.39. The first-order chi connectivity index (χ1) is 10.0. The van der Waals surface area contributed by atoms with Crippen molar-refractivity contribution in [1.29, 1.82) is 0 Å². The molecule has 1 aromatic rings. The van der Waals surface area contributed by atoms with Gasteiger partial charge in [-0.2, -0.15) is 0 Å². The van der Waals surface area contributed by atoms with Crippen molar-refractivity contribution in [1.82, 2.24) is 25.9 Å². The molecular formula is C12H19N5O4. The van der Waals surface area contributed by atoms with E-state index in [1.165, 1.54) is 12.5 Å². The summed E-state index contributed by atoms with van der Waals surface area (Å²) < 4.78 is 0. The van der Waals surface area contributed by atoms with E-state index >= 15 is 0 Å². The lowest BCUT2D eigenvalue weighted by Gasteiger charge is -2.14. The smallest absolute Gasteiger partial charge is 0.326 e. The van der Waals surface area contributed by atoms with E-state index in [2.05, 4.69) is 25.9 Å². The van der Waals surface area contributed by atoms with Crippen LogP contribution in [0.1, 0.15) is 19.0 Å². The molecule has 0 spiro atoms. The van der Waals surface area contributed by atoms with E-state index in [-0.39, 0.29) is 18.9 Å². The van der Waals surface area contributed by atoms with E-state index in [4.69, 9.17) is 5.11 Å². The van der Waals surface area contributed by atoms with Crippen LogP contribution in [0.15, 0.2) is 12.5 Å². The zero-order valence-corrected chi connectivity index (χ0v) is 11.7. The number of carboxylic acid groups (broad SMARTS) is 1. The number of nitrogens with zero attached hydrogens (tertiary/aromatic N) is 1. The first kappa shape index (κ1) is 16.5. The number of hydrogen-bond acceptors (Lipinski definition) is 4. The number of aliphatic carboxylic acids is 1. The Morgan fingerprint density at radius 1 is 1.38 bits per heavy atom. The summed E-state index contributed by atoms with van der Waals surface area (Å²) in [6, 6.07) is -1.82. The second kappa shape index (κ2) is 8.56. The summed E-state index contributed by atoms with van der Waals surface area (Å²) in [5, 5.41) is 16.2. The van der Waals surface area contributed by atoms with E-state index in [1.807, 2.05) is 6.92 Å². The van der Waals surface area contributed by atoms with E-state index in [1.54, 1.807) is 0 Å². The zero-order chi connectivity index (χ0) is 15.7. The summed E-state index contributed by atoms with van der Waals surface area (Å²) in [4.78, 5) is 40.5. The van der Waals surface area contributed by atoms with Gasteiger partial charge in [-0.05, 0) is 6.42 Å². The number of H-pyrrole nitrogens is 1. The third-order valence-corrected chi connectivity index (χ3v) is 2.56. The standard InChI is InChI=1S/C12H19N5O4/c1-2-3-14-10(18)6-15-12(21)17-9(11(19)20)4-8-5-13-7-16-8/h5,7,9H,2-4,6H2,1H3,(H,13,16)(H,14,18)(H,19,20)(H2,15,17,21)/t9-/m1/s1. The van der Waals surface area contributed by atoms with Gasteiger partial charge in [0.05, 0.1) is 12.9 Å². The van der Waals surface area contributed by atoms with Crippen LogP contribution in [0.3, 0.4) is 0 Å². The fraction of sp³-hybridized carbons (Fsp3) is 0.500. The highest BCUT2D eigenvalue weighted by Gasteiger charge is 2.21. The van der Waals surface area contributed by atoms with Gasteiger partial charge in [0.1, 0.15) is 6.04 Å². The normalized spacial score (nSPS) is 11.5. The molecule has 0 saturated carbocycles. The summed E-state index contributed by atoms with van der Waals surface area (Å²) >= 11 is 0. The number of carboxylic acids is 1. The van der Waals surface area contributed by atoms with Gasteiger partial charge >= 0.3 is 12.0 Å². The van der Waals surface area contributed by atoms with Crippen LogP contribution in [0.5, 0.6) is 0 Å². The molecule has 0 unspecified atom stereocenters. The van der Waals surface area contributed by atoms with Crippen LogP contribution >= 0.6 is 0 Å². The van der Waals surface area contributed by atoms with Crippen molar-refractivity contribution >= 4 is 17.9 Å². The topological polar surface area (TPSA) is 136 Å². The van der Waals surface area contributed by atoms with Crippen LogP contribution in [-0.2, 0) is 16.0 Å². The van der Waals surface area contributed by atoms with Crippen LogP contribution in [0.25, 0.3) is 0 Å². The minimum atomic E-state index is -1.17. The van der Waals surface area contributed by atoms with Crippen molar-refractivity contribution in [3.8, 4) is 0 Å². The fourth-order valence-electron chi connectivity index (χ4n) is 1.51. The van der Waals surface area contributed by atoms with Gasteiger partial charge in [0.2, 0.25) is 5.91 Å². The lowest BCUT2D eigenvalue weighted by atomic mass is 10.2. The van der Waals surface area contributed by atoms with Crippen molar-refractivity contribution < 1.29 is 19.5 Å². The van der Waals surface area contributed by atoms with Gasteiger partial charge < -0.3 is 26.0 Å². The molecule has 1 rings (SSSR count). The molecular weight excluding hydrogens is 278 g/mol. The maximum absolute atomic E-state index is 11.6. The maximum atomic E-state index is 11.6. The summed E-state index contributed by atoms with van der Waals surface area (Å²) in [7, 11) is 0. The van der Waals surface area contributed by atoms with Gasteiger partial charge in [-0.1, -0.05) is 6.92 Å². The SMILES string of the molecule is CCCNC(=O)CNC(=O)N[C@H](Cc1cnc[nH]1)C(=O)O. The Morgan fingerprint density at radius 3 is 2.71 bits per heavy atom. The Morgan fingerprint density at radius 2 is 2.14 bits per heavy atom. The number of hydrogen-bond donors (Lipinski definition) is 5. The predicted octanol–water partition coefficient (Wildman–Crippen LogP) is -0.769. The number of urea groups is 1. The number of carbonyl (C=O) groups is 3. The average Bonchev–Trinajstić information content (AvgIpc) is 2.95. The minimum Gasteiger partial charge on any atom is -0.480 e. The number of nitrogens with one attached hydrogen (secondary N) is 4. The molecule has 1 aromatic heterocycles. The Kier molecular flexibility index (Phi) is 6.72. The van der Waals surface area contributed by atoms with E-state index in [9.17, 15) is 14.4 Å². The molecule has 0 saturated heterocycles. The molecule has 0 aromatic carbocycles. The van der Waals surface area contributed by atoms with Gasteiger partial charge in [-0.3, -0.25) is 4.79 Å². The number of amides is 3. The molecule has 21 heavy (non-hydrogen) atoms. The molecule has 1 atom stereocenters. The minimum absolute atomic E-state index is 0.0742. The molecule has 9 nitrogen and oxygen atoms in total. The summed E-state index contributed by atoms with van der Waals surface area (Å²) in [5.74, 6) is -1.50. The van der Waals surface area contributed by atoms with Crippen molar-refractivity contribution in [2.45, 2.75) is 25.8 Å². The van der Waals surface area contributed by atoms with Crippen LogP contribution in [0, 0.1) is 0 Å². The van der Waals surface area contributed by atoms with Gasteiger partial charge in [0.15, 0.2) is 0 Å². The van der Waals surface area contributed by atoms with Gasteiger partial charge in [-0.25, -0.2) is 14.6 Å². The highest BCUT2D eigenvalue weighted by Crippen LogP contribution is 1.98. The van der Waals surface area contributed by atoms with Crippen molar-refractivity contribution in [2.24, 2.45) is 0 Å². The quantitative estimate of drug-likeness (QED) is 0.429. The van der Waals surface area contributed by atoms with E-state index in [0.717, 1.165) is 6.42 Å². The third kappa shape index (κ3) is 6.41. The lowest BCUT2D eigenvalue weighted by molar-refractivity contribution is -0.139. The molecule has 3 amide bonds. The second-order valence-corrected chi connectivity index (χ2v) is 4.35. The Bertz CT molecular complexity index is 474. The van der Waals surface area contributed by atoms with Gasteiger partial charge in [-0.15, -0.1) is 0 Å². The highest BCUT2D eigenvalue weighted by atomic mass is 16.4. The van der Waals surface area contributed by atoms with Gasteiger partial charge in [0.25, 0.3) is 0 Å². The molecule has 0 radical (unpaired) electrons. The highest BCUT2D eigenvalue weighted by molar-refractivity contribution is 5.86. The predicted molar refractivity (Wildman–Crippen MR) is 73.6 cm³/mol. The largest absolute Gasteiger partial charge is 0.480 e. The van der Waals surface area contributed by atoms with Crippen LogP contribution < -0.4 is 16.0 Å². The number of imidazole rings is 1. The average molecular weight is 297 g/mol. The lowest BCUT2D eigenvalue weighted by Crippen LogP contribution is -2.49. The third-order valence-electron chi connectivity index (χ3n) is 2.56. The molecule has 9 heteroatoms. The summed E-state index contributed by atoms with van der Waals surface area (Å²) in [6.45, 7) is 2.23. The molecule has 0 fully saturated rings. The summed E-state index contributed by atoms with van der Waals surface area (Å²) in [6.07, 6.45) is 3.77. The molecule has 0 aliphatic heterocycles. The van der Waals surface area contributed by atoms with Crippen LogP contribution in [-0.4, -0.2) is 52.1 Å². The molecule has 5 N–H and O–H groups in total. The zero-order valence-electron chi connectivity index (χ0n) is 11.7. The van der Waals surface area contributed by atoms with Crippen LogP contribution in [0.4, 0.5) is 4.79 Å². The first-order valence-corrected chi connectivity index (χ1v) is 6.54. The van der Waals surface area contributed by atoms with E-state index < -0.39 is 18.0 Å². The molecule has 0 aliphatic rings. The number of carbonyl (C=O) groups excluding carboxylic acids is 2. The molecule has 116 valence electrons. The van der Waals surface area contributed by atoms with Gasteiger partial charge in [0, 0.05) is 24.9 Å². The summed E-state index contributed by atoms with van der Waals surface area (Å²) in [5.41, 5.74) is 0.586. The first-order valence-electron chi connectivity index (χ1n) is 6.54. The van der Waals surface area contributed by atoms with Crippen molar-refractivity contribution in [3.05, 3.63) is 18.2 Å². The van der Waals surface area contributed by atoms with Crippen LogP contribution in [0.2, 0.25) is 0 Å². The second-order valence-electron chi connectivity index (χ2n) is 4.35. The molecule has 1 heterocycles. The van der Waals surface area contributed by atoms with Crippen molar-refractivity contribution in [3.63, 3.8) is 0 Å².